The maximum absolute atomic E-state index is 5.83. The highest BCUT2D eigenvalue weighted by molar-refractivity contribution is 9.10. The molecule has 1 saturated heterocycles. The first-order valence-electron chi connectivity index (χ1n) is 7.20. The average Bonchev–Trinajstić information content (AvgIpc) is 2.39. The van der Waals surface area contributed by atoms with Crippen molar-refractivity contribution in [2.75, 3.05) is 6.61 Å². The van der Waals surface area contributed by atoms with Crippen molar-refractivity contribution in [3.63, 3.8) is 0 Å². The molecule has 0 radical (unpaired) electrons. The maximum Gasteiger partial charge on any atom is 0.0612 e. The third-order valence-electron chi connectivity index (χ3n) is 3.92. The molecule has 0 spiro atoms. The van der Waals surface area contributed by atoms with Gasteiger partial charge in [-0.15, -0.1) is 0 Å². The summed E-state index contributed by atoms with van der Waals surface area (Å²) in [5, 5.41) is 3.75. The van der Waals surface area contributed by atoms with E-state index in [9.17, 15) is 0 Å². The van der Waals surface area contributed by atoms with Crippen molar-refractivity contribution in [3.8, 4) is 0 Å². The van der Waals surface area contributed by atoms with Crippen LogP contribution in [0.4, 0.5) is 0 Å². The van der Waals surface area contributed by atoms with Crippen molar-refractivity contribution < 1.29 is 4.74 Å². The van der Waals surface area contributed by atoms with Crippen molar-refractivity contribution in [1.29, 1.82) is 0 Å². The summed E-state index contributed by atoms with van der Waals surface area (Å²) in [6.45, 7) is 7.59. The summed E-state index contributed by atoms with van der Waals surface area (Å²) in [5.41, 5.74) is 1.33. The fourth-order valence-electron chi connectivity index (χ4n) is 2.71. The molecule has 2 nitrogen and oxygen atoms in total. The minimum absolute atomic E-state index is 0.367. The highest BCUT2D eigenvalue weighted by Crippen LogP contribution is 2.26. The van der Waals surface area contributed by atoms with Gasteiger partial charge in [0, 0.05) is 23.2 Å². The van der Waals surface area contributed by atoms with E-state index in [0.717, 1.165) is 19.4 Å². The normalized spacial score (nSPS) is 25.5. The van der Waals surface area contributed by atoms with Crippen LogP contribution in [0.15, 0.2) is 28.7 Å². The summed E-state index contributed by atoms with van der Waals surface area (Å²) in [6.07, 6.45) is 2.63. The van der Waals surface area contributed by atoms with Gasteiger partial charge in [0.05, 0.1) is 6.10 Å². The van der Waals surface area contributed by atoms with Crippen molar-refractivity contribution in [2.45, 2.75) is 51.8 Å². The SMILES string of the molecule is CC(C)C1CC(N[C@@H](C)c2ccccc2Br)CCO1. The van der Waals surface area contributed by atoms with Gasteiger partial charge < -0.3 is 10.1 Å². The van der Waals surface area contributed by atoms with Crippen LogP contribution in [-0.2, 0) is 4.74 Å². The first-order chi connectivity index (χ1) is 9.08. The van der Waals surface area contributed by atoms with Crippen LogP contribution in [0, 0.1) is 5.92 Å². The highest BCUT2D eigenvalue weighted by Gasteiger charge is 2.26. The number of hydrogen-bond donors (Lipinski definition) is 1. The monoisotopic (exact) mass is 325 g/mol. The van der Waals surface area contributed by atoms with Crippen LogP contribution in [0.5, 0.6) is 0 Å². The topological polar surface area (TPSA) is 21.3 Å². The lowest BCUT2D eigenvalue weighted by atomic mass is 9.94. The fraction of sp³-hybridized carbons (Fsp3) is 0.625. The number of rotatable bonds is 4. The van der Waals surface area contributed by atoms with E-state index < -0.39 is 0 Å². The van der Waals surface area contributed by atoms with Crippen LogP contribution in [0.3, 0.4) is 0 Å². The maximum atomic E-state index is 5.83. The van der Waals surface area contributed by atoms with Crippen LogP contribution < -0.4 is 5.32 Å². The minimum Gasteiger partial charge on any atom is -0.378 e. The largest absolute Gasteiger partial charge is 0.378 e. The molecule has 106 valence electrons. The Balaban J connectivity index is 1.95. The van der Waals surface area contributed by atoms with Crippen LogP contribution >= 0.6 is 15.9 Å². The van der Waals surface area contributed by atoms with E-state index >= 15 is 0 Å². The smallest absolute Gasteiger partial charge is 0.0612 e. The molecule has 1 aliphatic heterocycles. The first-order valence-corrected chi connectivity index (χ1v) is 7.99. The van der Waals surface area contributed by atoms with Crippen molar-refractivity contribution >= 4 is 15.9 Å². The van der Waals surface area contributed by atoms with E-state index in [2.05, 4.69) is 66.3 Å². The third kappa shape index (κ3) is 4.04. The van der Waals surface area contributed by atoms with Gasteiger partial charge in [-0.05, 0) is 37.3 Å². The van der Waals surface area contributed by atoms with Crippen molar-refractivity contribution in [1.82, 2.24) is 5.32 Å². The van der Waals surface area contributed by atoms with Gasteiger partial charge in [-0.2, -0.15) is 0 Å². The zero-order chi connectivity index (χ0) is 13.8. The molecule has 1 fully saturated rings. The molecule has 0 aromatic heterocycles. The Kier molecular flexibility index (Phi) is 5.43. The van der Waals surface area contributed by atoms with E-state index in [1.54, 1.807) is 0 Å². The molecule has 0 aliphatic carbocycles. The fourth-order valence-corrected chi connectivity index (χ4v) is 3.34. The molecule has 1 aromatic carbocycles. The molecule has 3 atom stereocenters. The van der Waals surface area contributed by atoms with Gasteiger partial charge in [0.15, 0.2) is 0 Å². The molecule has 2 rings (SSSR count). The molecular weight excluding hydrogens is 302 g/mol. The second-order valence-corrected chi connectivity index (χ2v) is 6.64. The van der Waals surface area contributed by atoms with Crippen LogP contribution in [0.25, 0.3) is 0 Å². The lowest BCUT2D eigenvalue weighted by Gasteiger charge is -2.34. The predicted molar refractivity (Wildman–Crippen MR) is 83.3 cm³/mol. The Bertz CT molecular complexity index is 407. The molecule has 2 unspecified atom stereocenters. The number of hydrogen-bond acceptors (Lipinski definition) is 2. The van der Waals surface area contributed by atoms with E-state index in [1.165, 1.54) is 10.0 Å². The van der Waals surface area contributed by atoms with Gasteiger partial charge in [-0.25, -0.2) is 0 Å². The Hall–Kier alpha value is -0.380. The molecule has 1 aromatic rings. The second kappa shape index (κ2) is 6.87. The van der Waals surface area contributed by atoms with Crippen LogP contribution in [-0.4, -0.2) is 18.8 Å². The second-order valence-electron chi connectivity index (χ2n) is 5.78. The molecule has 0 bridgehead atoms. The molecule has 1 N–H and O–H groups in total. The Morgan fingerprint density at radius 2 is 2.00 bits per heavy atom. The Morgan fingerprint density at radius 1 is 1.26 bits per heavy atom. The number of nitrogens with one attached hydrogen (secondary N) is 1. The zero-order valence-corrected chi connectivity index (χ0v) is 13.6. The first kappa shape index (κ1) is 15.0. The standard InChI is InChI=1S/C16H24BrNO/c1-11(2)16-10-13(8-9-19-16)18-12(3)14-6-4-5-7-15(14)17/h4-7,11-13,16,18H,8-10H2,1-3H3/t12-,13?,16?/m0/s1. The quantitative estimate of drug-likeness (QED) is 0.890. The summed E-state index contributed by atoms with van der Waals surface area (Å²) in [4.78, 5) is 0. The lowest BCUT2D eigenvalue weighted by Crippen LogP contribution is -2.41. The van der Waals surface area contributed by atoms with Crippen LogP contribution in [0.1, 0.15) is 45.2 Å². The van der Waals surface area contributed by atoms with E-state index in [0.29, 0.717) is 24.1 Å². The van der Waals surface area contributed by atoms with E-state index in [4.69, 9.17) is 4.74 Å². The molecular formula is C16H24BrNO. The Morgan fingerprint density at radius 3 is 2.68 bits per heavy atom. The summed E-state index contributed by atoms with van der Waals surface area (Å²) in [5.74, 6) is 0.600. The van der Waals surface area contributed by atoms with Gasteiger partial charge in [0.1, 0.15) is 0 Å². The molecule has 3 heteroatoms. The predicted octanol–water partition coefficient (Wildman–Crippen LogP) is 4.30. The number of benzene rings is 1. The molecule has 19 heavy (non-hydrogen) atoms. The summed E-state index contributed by atoms with van der Waals surface area (Å²) in [6, 6.07) is 9.37. The van der Waals surface area contributed by atoms with Gasteiger partial charge in [-0.1, -0.05) is 48.0 Å². The molecule has 0 amide bonds. The average molecular weight is 326 g/mol. The summed E-state index contributed by atoms with van der Waals surface area (Å²) in [7, 11) is 0. The zero-order valence-electron chi connectivity index (χ0n) is 12.0. The molecule has 0 saturated carbocycles. The van der Waals surface area contributed by atoms with Crippen LogP contribution in [0.2, 0.25) is 0 Å². The van der Waals surface area contributed by atoms with Gasteiger partial charge in [-0.3, -0.25) is 0 Å². The summed E-state index contributed by atoms with van der Waals surface area (Å²) >= 11 is 3.63. The molecule has 1 heterocycles. The molecule has 1 aliphatic rings. The van der Waals surface area contributed by atoms with Crippen molar-refractivity contribution in [3.05, 3.63) is 34.3 Å². The van der Waals surface area contributed by atoms with E-state index in [1.807, 2.05) is 0 Å². The van der Waals surface area contributed by atoms with Gasteiger partial charge in [0.25, 0.3) is 0 Å². The van der Waals surface area contributed by atoms with Gasteiger partial charge >= 0.3 is 0 Å². The van der Waals surface area contributed by atoms with E-state index in [-0.39, 0.29) is 0 Å². The Labute approximate surface area is 125 Å². The summed E-state index contributed by atoms with van der Waals surface area (Å²) < 4.78 is 7.01. The lowest BCUT2D eigenvalue weighted by molar-refractivity contribution is -0.0257. The number of halogens is 1. The van der Waals surface area contributed by atoms with Crippen molar-refractivity contribution in [2.24, 2.45) is 5.92 Å². The highest BCUT2D eigenvalue weighted by atomic mass is 79.9. The van der Waals surface area contributed by atoms with Gasteiger partial charge in [0.2, 0.25) is 0 Å². The number of ether oxygens (including phenoxy) is 1. The third-order valence-corrected chi connectivity index (χ3v) is 4.64. The minimum atomic E-state index is 0.367.